The lowest BCUT2D eigenvalue weighted by molar-refractivity contribution is -0.135. The minimum Gasteiger partial charge on any atom is -0.465 e. The highest BCUT2D eigenvalue weighted by atomic mass is 32.2. The minimum atomic E-state index is -3.66. The molecule has 1 aliphatic rings. The van der Waals surface area contributed by atoms with Crippen molar-refractivity contribution in [2.24, 2.45) is 4.40 Å². The van der Waals surface area contributed by atoms with Crippen LogP contribution in [-0.4, -0.2) is 27.7 Å². The van der Waals surface area contributed by atoms with E-state index >= 15 is 0 Å². The molecule has 1 rings (SSSR count). The zero-order valence-electron chi connectivity index (χ0n) is 7.77. The molecular weight excluding hydrogens is 208 g/mol. The van der Waals surface area contributed by atoms with Crippen molar-refractivity contribution in [2.75, 3.05) is 7.11 Å². The van der Waals surface area contributed by atoms with Crippen molar-refractivity contribution in [2.45, 2.75) is 13.3 Å². The Morgan fingerprint density at radius 1 is 1.64 bits per heavy atom. The van der Waals surface area contributed by atoms with Crippen molar-refractivity contribution in [1.82, 2.24) is 4.72 Å². The molecule has 1 heterocycles. The molecule has 0 saturated heterocycles. The molecule has 14 heavy (non-hydrogen) atoms. The highest BCUT2D eigenvalue weighted by Gasteiger charge is 2.22. The molecule has 1 aliphatic heterocycles. The number of carbonyl (C=O) groups excluding carboxylic acids is 1. The van der Waals surface area contributed by atoms with Gasteiger partial charge in [0.15, 0.2) is 0 Å². The van der Waals surface area contributed by atoms with Crippen LogP contribution in [0, 0.1) is 0 Å². The average molecular weight is 218 g/mol. The second-order valence-corrected chi connectivity index (χ2v) is 3.91. The van der Waals surface area contributed by atoms with E-state index in [0.717, 1.165) is 6.21 Å². The smallest absolute Gasteiger partial charge is 0.342 e. The first-order valence-corrected chi connectivity index (χ1v) is 5.33. The summed E-state index contributed by atoms with van der Waals surface area (Å²) in [7, 11) is -2.44. The standard InChI is InChI=1S/C7H10N2O4S/c1-3-6-5(7(10)13-2)4-8-14(11,12)9-6/h4,9H,3H2,1-2H3. The monoisotopic (exact) mass is 218 g/mol. The van der Waals surface area contributed by atoms with Crippen LogP contribution in [0.4, 0.5) is 0 Å². The second kappa shape index (κ2) is 3.79. The maximum absolute atomic E-state index is 11.1. The van der Waals surface area contributed by atoms with Gasteiger partial charge < -0.3 is 4.74 Å². The Balaban J connectivity index is 3.11. The molecule has 7 heteroatoms. The maximum Gasteiger partial charge on any atom is 0.342 e. The number of nitrogens with zero attached hydrogens (tertiary/aromatic N) is 1. The van der Waals surface area contributed by atoms with E-state index in [4.69, 9.17) is 0 Å². The summed E-state index contributed by atoms with van der Waals surface area (Å²) in [6, 6.07) is 0. The molecule has 0 saturated carbocycles. The molecule has 0 unspecified atom stereocenters. The van der Waals surface area contributed by atoms with E-state index < -0.39 is 16.2 Å². The maximum atomic E-state index is 11.1. The van der Waals surface area contributed by atoms with Crippen molar-refractivity contribution in [3.8, 4) is 0 Å². The SMILES string of the molecule is CCC1=C(C(=O)OC)C=NS(=O)(=O)N1. The molecule has 0 aromatic heterocycles. The van der Waals surface area contributed by atoms with Crippen LogP contribution in [0.15, 0.2) is 15.7 Å². The Kier molecular flexibility index (Phi) is 2.90. The van der Waals surface area contributed by atoms with Crippen LogP contribution < -0.4 is 4.72 Å². The van der Waals surface area contributed by atoms with Gasteiger partial charge >= 0.3 is 16.2 Å². The minimum absolute atomic E-state index is 0.143. The third-order valence-corrected chi connectivity index (χ3v) is 2.54. The molecular formula is C7H10N2O4S. The van der Waals surface area contributed by atoms with E-state index in [1.807, 2.05) is 0 Å². The van der Waals surface area contributed by atoms with E-state index in [2.05, 4.69) is 13.9 Å². The summed E-state index contributed by atoms with van der Waals surface area (Å²) in [6.45, 7) is 1.72. The lowest BCUT2D eigenvalue weighted by Gasteiger charge is -2.13. The topological polar surface area (TPSA) is 84.8 Å². The number of ether oxygens (including phenoxy) is 1. The van der Waals surface area contributed by atoms with Crippen LogP contribution in [-0.2, 0) is 19.7 Å². The zero-order chi connectivity index (χ0) is 10.8. The molecule has 78 valence electrons. The van der Waals surface area contributed by atoms with Gasteiger partial charge in [-0.2, -0.15) is 12.8 Å². The molecule has 0 atom stereocenters. The largest absolute Gasteiger partial charge is 0.465 e. The van der Waals surface area contributed by atoms with Crippen molar-refractivity contribution < 1.29 is 17.9 Å². The van der Waals surface area contributed by atoms with Gasteiger partial charge in [-0.15, -0.1) is 0 Å². The summed E-state index contributed by atoms with van der Waals surface area (Å²) in [5.41, 5.74) is 0.441. The fourth-order valence-corrected chi connectivity index (χ4v) is 1.85. The molecule has 0 spiro atoms. The molecule has 0 bridgehead atoms. The molecule has 0 aromatic rings. The number of allylic oxidation sites excluding steroid dienone is 1. The van der Waals surface area contributed by atoms with Crippen molar-refractivity contribution >= 4 is 22.4 Å². The summed E-state index contributed by atoms with van der Waals surface area (Å²) in [4.78, 5) is 11.1. The first-order chi connectivity index (χ1) is 6.50. The predicted molar refractivity (Wildman–Crippen MR) is 49.9 cm³/mol. The Hall–Kier alpha value is -1.37. The highest BCUT2D eigenvalue weighted by Crippen LogP contribution is 2.12. The lowest BCUT2D eigenvalue weighted by Crippen LogP contribution is -2.28. The summed E-state index contributed by atoms with van der Waals surface area (Å²) in [5, 5.41) is 0. The normalized spacial score (nSPS) is 19.0. The molecule has 0 radical (unpaired) electrons. The Labute approximate surface area is 81.8 Å². The number of hydrogen-bond acceptors (Lipinski definition) is 4. The van der Waals surface area contributed by atoms with Crippen LogP contribution in [0.2, 0.25) is 0 Å². The zero-order valence-corrected chi connectivity index (χ0v) is 8.59. The van der Waals surface area contributed by atoms with Crippen LogP contribution in [0.25, 0.3) is 0 Å². The summed E-state index contributed by atoms with van der Waals surface area (Å²) >= 11 is 0. The first-order valence-electron chi connectivity index (χ1n) is 3.89. The summed E-state index contributed by atoms with van der Waals surface area (Å²) < 4.78 is 31.8. The third kappa shape index (κ3) is 2.11. The van der Waals surface area contributed by atoms with E-state index in [0.29, 0.717) is 12.1 Å². The fourth-order valence-electron chi connectivity index (χ4n) is 0.986. The molecule has 0 amide bonds. The number of methoxy groups -OCH3 is 1. The molecule has 0 aliphatic carbocycles. The van der Waals surface area contributed by atoms with Gasteiger partial charge in [-0.1, -0.05) is 6.92 Å². The van der Waals surface area contributed by atoms with Gasteiger partial charge in [0.2, 0.25) is 0 Å². The molecule has 6 nitrogen and oxygen atoms in total. The second-order valence-electron chi connectivity index (χ2n) is 2.55. The van der Waals surface area contributed by atoms with Crippen LogP contribution >= 0.6 is 0 Å². The van der Waals surface area contributed by atoms with E-state index in [1.54, 1.807) is 6.92 Å². The van der Waals surface area contributed by atoms with Gasteiger partial charge in [0.05, 0.1) is 18.9 Å². The number of carbonyl (C=O) groups is 1. The van der Waals surface area contributed by atoms with Crippen molar-refractivity contribution in [3.63, 3.8) is 0 Å². The third-order valence-electron chi connectivity index (χ3n) is 1.66. The van der Waals surface area contributed by atoms with Gasteiger partial charge in [0, 0.05) is 5.70 Å². The van der Waals surface area contributed by atoms with Crippen LogP contribution in [0.5, 0.6) is 0 Å². The first kappa shape index (κ1) is 10.7. The van der Waals surface area contributed by atoms with Gasteiger partial charge in [-0.05, 0) is 6.42 Å². The van der Waals surface area contributed by atoms with Gasteiger partial charge in [-0.3, -0.25) is 4.72 Å². The number of nitrogens with one attached hydrogen (secondary N) is 1. The van der Waals surface area contributed by atoms with Crippen LogP contribution in [0.1, 0.15) is 13.3 Å². The lowest BCUT2D eigenvalue weighted by atomic mass is 10.2. The highest BCUT2D eigenvalue weighted by molar-refractivity contribution is 7.88. The van der Waals surface area contributed by atoms with E-state index in [-0.39, 0.29) is 5.57 Å². The van der Waals surface area contributed by atoms with Crippen LogP contribution in [0.3, 0.4) is 0 Å². The average Bonchev–Trinajstić information content (AvgIpc) is 2.15. The number of rotatable bonds is 2. The fraction of sp³-hybridized carbons (Fsp3) is 0.429. The van der Waals surface area contributed by atoms with Crippen molar-refractivity contribution in [1.29, 1.82) is 0 Å². The number of hydrogen-bond donors (Lipinski definition) is 1. The van der Waals surface area contributed by atoms with E-state index in [1.165, 1.54) is 7.11 Å². The Morgan fingerprint density at radius 3 is 2.79 bits per heavy atom. The Bertz CT molecular complexity index is 407. The molecule has 1 N–H and O–H groups in total. The Morgan fingerprint density at radius 2 is 2.29 bits per heavy atom. The molecule has 0 fully saturated rings. The van der Waals surface area contributed by atoms with Gasteiger partial charge in [0.25, 0.3) is 0 Å². The van der Waals surface area contributed by atoms with E-state index in [9.17, 15) is 13.2 Å². The number of esters is 1. The van der Waals surface area contributed by atoms with Crippen molar-refractivity contribution in [3.05, 3.63) is 11.3 Å². The van der Waals surface area contributed by atoms with Gasteiger partial charge in [0.1, 0.15) is 0 Å². The summed E-state index contributed by atoms with van der Waals surface area (Å²) in [5.74, 6) is -0.604. The quantitative estimate of drug-likeness (QED) is 0.647. The molecule has 0 aromatic carbocycles. The predicted octanol–water partition coefficient (Wildman–Crippen LogP) is -0.258. The summed E-state index contributed by atoms with van der Waals surface area (Å²) in [6.07, 6.45) is 1.38. The van der Waals surface area contributed by atoms with Gasteiger partial charge in [-0.25, -0.2) is 4.79 Å².